The monoisotopic (exact) mass is 286 g/mol. The van der Waals surface area contributed by atoms with Gasteiger partial charge in [0.2, 0.25) is 0 Å². The molecular weight excluding hydrogens is 264 g/mol. The molecule has 108 valence electrons. The zero-order valence-corrected chi connectivity index (χ0v) is 12.7. The fourth-order valence-corrected chi connectivity index (χ4v) is 1.74. The minimum absolute atomic E-state index is 0.00848. The minimum Gasteiger partial charge on any atom is -0.381 e. The number of nitrogens with zero attached hydrogens (tertiary/aromatic N) is 2. The molecule has 0 fully saturated rings. The summed E-state index contributed by atoms with van der Waals surface area (Å²) in [5.41, 5.74) is 6.22. The van der Waals surface area contributed by atoms with Gasteiger partial charge in [-0.1, -0.05) is 39.3 Å². The first-order valence-electron chi connectivity index (χ1n) is 6.58. The molecule has 1 rings (SSSR count). The molecule has 3 N–H and O–H groups in total. The molecule has 0 bridgehead atoms. The van der Waals surface area contributed by atoms with Crippen molar-refractivity contribution in [2.75, 3.05) is 11.9 Å². The highest BCUT2D eigenvalue weighted by Gasteiger charge is 2.12. The Bertz CT molecular complexity index is 470. The summed E-state index contributed by atoms with van der Waals surface area (Å²) in [6.07, 6.45) is 1.58. The van der Waals surface area contributed by atoms with Crippen LogP contribution in [-0.4, -0.2) is 22.4 Å². The maximum atomic E-state index is 12.0. The Kier molecular flexibility index (Phi) is 5.82. The van der Waals surface area contributed by atoms with Gasteiger partial charge in [-0.2, -0.15) is 5.10 Å². The van der Waals surface area contributed by atoms with Crippen LogP contribution in [0.15, 0.2) is 11.0 Å². The predicted octanol–water partition coefficient (Wildman–Crippen LogP) is 1.95. The van der Waals surface area contributed by atoms with E-state index in [1.54, 1.807) is 6.20 Å². The second kappa shape index (κ2) is 6.91. The maximum Gasteiger partial charge on any atom is 0.287 e. The Morgan fingerprint density at radius 2 is 2.05 bits per heavy atom. The molecule has 0 aliphatic rings. The summed E-state index contributed by atoms with van der Waals surface area (Å²) in [7, 11) is 0. The molecule has 0 amide bonds. The molecule has 5 nitrogen and oxygen atoms in total. The average Bonchev–Trinajstić information content (AvgIpc) is 2.33. The van der Waals surface area contributed by atoms with Crippen LogP contribution in [0.2, 0.25) is 5.02 Å². The van der Waals surface area contributed by atoms with Gasteiger partial charge in [-0.15, -0.1) is 0 Å². The lowest BCUT2D eigenvalue weighted by Gasteiger charge is -2.17. The average molecular weight is 287 g/mol. The Balaban J connectivity index is 2.82. The van der Waals surface area contributed by atoms with Crippen LogP contribution in [-0.2, 0) is 6.54 Å². The van der Waals surface area contributed by atoms with E-state index in [9.17, 15) is 4.79 Å². The van der Waals surface area contributed by atoms with E-state index in [1.807, 2.05) is 27.7 Å². The van der Waals surface area contributed by atoms with Gasteiger partial charge in [-0.25, -0.2) is 4.68 Å². The normalized spacial score (nSPS) is 13.1. The van der Waals surface area contributed by atoms with Gasteiger partial charge in [0.1, 0.15) is 5.02 Å². The summed E-state index contributed by atoms with van der Waals surface area (Å²) in [5.74, 6) is 0.704. The number of halogens is 1. The number of rotatable bonds is 6. The fourth-order valence-electron chi connectivity index (χ4n) is 1.53. The van der Waals surface area contributed by atoms with Crippen LogP contribution in [0.5, 0.6) is 0 Å². The summed E-state index contributed by atoms with van der Waals surface area (Å²) < 4.78 is 1.39. The summed E-state index contributed by atoms with van der Waals surface area (Å²) in [5, 5.41) is 7.37. The minimum atomic E-state index is -0.265. The Labute approximate surface area is 119 Å². The van der Waals surface area contributed by atoms with Crippen molar-refractivity contribution in [2.24, 2.45) is 17.6 Å². The zero-order valence-electron chi connectivity index (χ0n) is 12.0. The molecule has 0 aliphatic heterocycles. The third kappa shape index (κ3) is 4.51. The van der Waals surface area contributed by atoms with Crippen molar-refractivity contribution < 1.29 is 0 Å². The van der Waals surface area contributed by atoms with Crippen molar-refractivity contribution >= 4 is 17.3 Å². The molecule has 0 aliphatic carbocycles. The Morgan fingerprint density at radius 3 is 2.58 bits per heavy atom. The van der Waals surface area contributed by atoms with E-state index >= 15 is 0 Å². The van der Waals surface area contributed by atoms with Crippen LogP contribution in [0.3, 0.4) is 0 Å². The molecule has 0 saturated carbocycles. The zero-order chi connectivity index (χ0) is 14.6. The number of anilines is 1. The number of nitrogens with two attached hydrogens (primary N) is 1. The van der Waals surface area contributed by atoms with Gasteiger partial charge in [0.05, 0.1) is 11.9 Å². The lowest BCUT2D eigenvalue weighted by molar-refractivity contribution is 0.464. The molecule has 6 heteroatoms. The van der Waals surface area contributed by atoms with Crippen molar-refractivity contribution in [1.29, 1.82) is 0 Å². The molecular formula is C13H23ClN4O. The van der Waals surface area contributed by atoms with Crippen molar-refractivity contribution in [1.82, 2.24) is 9.78 Å². The van der Waals surface area contributed by atoms with Gasteiger partial charge in [-0.3, -0.25) is 4.79 Å². The molecule has 1 atom stereocenters. The van der Waals surface area contributed by atoms with E-state index in [1.165, 1.54) is 4.68 Å². The Morgan fingerprint density at radius 1 is 1.42 bits per heavy atom. The summed E-state index contributed by atoms with van der Waals surface area (Å²) in [6.45, 7) is 9.27. The lowest BCUT2D eigenvalue weighted by atomic mass is 10.1. The highest BCUT2D eigenvalue weighted by Crippen LogP contribution is 2.15. The number of hydrogen-bond donors (Lipinski definition) is 2. The smallest absolute Gasteiger partial charge is 0.287 e. The van der Waals surface area contributed by atoms with Crippen molar-refractivity contribution in [3.05, 3.63) is 21.6 Å². The molecule has 1 unspecified atom stereocenters. The van der Waals surface area contributed by atoms with Crippen molar-refractivity contribution in [3.8, 4) is 0 Å². The molecule has 0 aromatic carbocycles. The van der Waals surface area contributed by atoms with Gasteiger partial charge in [0.15, 0.2) is 0 Å². The van der Waals surface area contributed by atoms with E-state index in [0.717, 1.165) is 0 Å². The van der Waals surface area contributed by atoms with E-state index in [2.05, 4.69) is 10.4 Å². The third-order valence-corrected chi connectivity index (χ3v) is 3.27. The topological polar surface area (TPSA) is 72.9 Å². The first-order chi connectivity index (χ1) is 8.82. The van der Waals surface area contributed by atoms with E-state index < -0.39 is 0 Å². The first kappa shape index (κ1) is 16.0. The van der Waals surface area contributed by atoms with Crippen LogP contribution in [0.4, 0.5) is 5.69 Å². The molecule has 0 radical (unpaired) electrons. The largest absolute Gasteiger partial charge is 0.381 e. The molecule has 19 heavy (non-hydrogen) atoms. The molecule has 1 aromatic heterocycles. The summed E-state index contributed by atoms with van der Waals surface area (Å²) in [4.78, 5) is 12.0. The summed E-state index contributed by atoms with van der Waals surface area (Å²) >= 11 is 6.07. The van der Waals surface area contributed by atoms with Crippen LogP contribution in [0.25, 0.3) is 0 Å². The highest BCUT2D eigenvalue weighted by molar-refractivity contribution is 6.32. The molecule has 0 spiro atoms. The van der Waals surface area contributed by atoms with Crippen LogP contribution in [0, 0.1) is 11.8 Å². The van der Waals surface area contributed by atoms with Gasteiger partial charge in [0.25, 0.3) is 5.56 Å². The Hall–Kier alpha value is -1.07. The number of hydrogen-bond acceptors (Lipinski definition) is 4. The second-order valence-corrected chi connectivity index (χ2v) is 5.92. The van der Waals surface area contributed by atoms with E-state index in [-0.39, 0.29) is 16.6 Å². The standard InChI is InChI=1S/C13H23ClN4O/c1-8(2)7-18-13(19)12(14)11(6-17-18)16-5-10(15)9(3)4/h6,8-10,16H,5,7,15H2,1-4H3. The SMILES string of the molecule is CC(C)Cn1ncc(NCC(N)C(C)C)c(Cl)c1=O. The molecule has 1 aromatic rings. The predicted molar refractivity (Wildman–Crippen MR) is 79.6 cm³/mol. The summed E-state index contributed by atoms with van der Waals surface area (Å²) in [6, 6.07) is 0.00848. The first-order valence-corrected chi connectivity index (χ1v) is 6.95. The molecule has 0 saturated heterocycles. The van der Waals surface area contributed by atoms with Crippen molar-refractivity contribution in [2.45, 2.75) is 40.3 Å². The highest BCUT2D eigenvalue weighted by atomic mass is 35.5. The maximum absolute atomic E-state index is 12.0. The number of nitrogens with one attached hydrogen (secondary N) is 1. The van der Waals surface area contributed by atoms with Crippen LogP contribution >= 0.6 is 11.6 Å². The van der Waals surface area contributed by atoms with Gasteiger partial charge in [0, 0.05) is 19.1 Å². The van der Waals surface area contributed by atoms with E-state index in [4.69, 9.17) is 17.3 Å². The number of aromatic nitrogens is 2. The van der Waals surface area contributed by atoms with Gasteiger partial charge in [-0.05, 0) is 11.8 Å². The molecule has 1 heterocycles. The van der Waals surface area contributed by atoms with Crippen LogP contribution in [0.1, 0.15) is 27.7 Å². The lowest BCUT2D eigenvalue weighted by Crippen LogP contribution is -2.34. The van der Waals surface area contributed by atoms with Gasteiger partial charge >= 0.3 is 0 Å². The van der Waals surface area contributed by atoms with Crippen molar-refractivity contribution in [3.63, 3.8) is 0 Å². The quantitative estimate of drug-likeness (QED) is 0.838. The van der Waals surface area contributed by atoms with E-state index in [0.29, 0.717) is 30.6 Å². The fraction of sp³-hybridized carbons (Fsp3) is 0.692. The third-order valence-electron chi connectivity index (χ3n) is 2.91. The second-order valence-electron chi connectivity index (χ2n) is 5.54. The van der Waals surface area contributed by atoms with Crippen LogP contribution < -0.4 is 16.6 Å². The van der Waals surface area contributed by atoms with Gasteiger partial charge < -0.3 is 11.1 Å².